The van der Waals surface area contributed by atoms with Gasteiger partial charge in [-0.2, -0.15) is 0 Å². The Bertz CT molecular complexity index is 702. The van der Waals surface area contributed by atoms with E-state index in [9.17, 15) is 4.79 Å². The Morgan fingerprint density at radius 2 is 1.80 bits per heavy atom. The first-order chi connectivity index (χ1) is 12.1. The zero-order valence-corrected chi connectivity index (χ0v) is 16.0. The van der Waals surface area contributed by atoms with E-state index in [-0.39, 0.29) is 11.2 Å². The van der Waals surface area contributed by atoms with Gasteiger partial charge in [0.05, 0.1) is 5.25 Å². The molecule has 0 saturated carbocycles. The normalized spacial score (nSPS) is 15.9. The molecule has 0 radical (unpaired) electrons. The van der Waals surface area contributed by atoms with Crippen LogP contribution in [0.4, 0.5) is 5.69 Å². The standard InChI is InChI=1S/C20H23ClN2OS/c1-16(25-15-17-6-3-2-4-7-17)20(24)23-12-10-22(11-13-23)19-9-5-8-18(21)14-19/h2-9,14,16H,10-13,15H2,1H3/t16-/m0/s1. The van der Waals surface area contributed by atoms with Crippen molar-refractivity contribution in [2.45, 2.75) is 17.9 Å². The summed E-state index contributed by atoms with van der Waals surface area (Å²) >= 11 is 7.78. The minimum absolute atomic E-state index is 0.0158. The Kier molecular flexibility index (Phi) is 6.27. The predicted octanol–water partition coefficient (Wildman–Crippen LogP) is 4.31. The fraction of sp³-hybridized carbons (Fsp3) is 0.350. The summed E-state index contributed by atoms with van der Waals surface area (Å²) in [6.07, 6.45) is 0. The Morgan fingerprint density at radius 3 is 2.48 bits per heavy atom. The van der Waals surface area contributed by atoms with Crippen molar-refractivity contribution in [3.63, 3.8) is 0 Å². The van der Waals surface area contributed by atoms with E-state index in [0.717, 1.165) is 42.6 Å². The topological polar surface area (TPSA) is 23.6 Å². The number of anilines is 1. The van der Waals surface area contributed by atoms with Gasteiger partial charge in [-0.05, 0) is 30.7 Å². The van der Waals surface area contributed by atoms with Crippen molar-refractivity contribution in [2.75, 3.05) is 31.1 Å². The lowest BCUT2D eigenvalue weighted by Crippen LogP contribution is -2.50. The molecule has 2 aromatic carbocycles. The minimum atomic E-state index is -0.0158. The van der Waals surface area contributed by atoms with E-state index in [4.69, 9.17) is 11.6 Å². The molecule has 0 aromatic heterocycles. The molecule has 1 saturated heterocycles. The smallest absolute Gasteiger partial charge is 0.235 e. The van der Waals surface area contributed by atoms with Crippen LogP contribution in [-0.2, 0) is 10.5 Å². The fourth-order valence-electron chi connectivity index (χ4n) is 2.98. The molecule has 1 heterocycles. The number of nitrogens with zero attached hydrogens (tertiary/aromatic N) is 2. The van der Waals surface area contributed by atoms with Crippen LogP contribution in [0.15, 0.2) is 54.6 Å². The lowest BCUT2D eigenvalue weighted by molar-refractivity contribution is -0.130. The molecule has 1 aliphatic heterocycles. The largest absolute Gasteiger partial charge is 0.368 e. The van der Waals surface area contributed by atoms with Crippen molar-refractivity contribution in [1.29, 1.82) is 0 Å². The van der Waals surface area contributed by atoms with E-state index in [1.54, 1.807) is 11.8 Å². The van der Waals surface area contributed by atoms with E-state index >= 15 is 0 Å². The van der Waals surface area contributed by atoms with E-state index in [0.29, 0.717) is 0 Å². The number of piperazine rings is 1. The molecule has 0 spiro atoms. The zero-order chi connectivity index (χ0) is 17.6. The maximum Gasteiger partial charge on any atom is 0.235 e. The van der Waals surface area contributed by atoms with E-state index < -0.39 is 0 Å². The second-order valence-corrected chi connectivity index (χ2v) is 8.00. The number of hydrogen-bond donors (Lipinski definition) is 0. The van der Waals surface area contributed by atoms with Gasteiger partial charge in [-0.1, -0.05) is 48.0 Å². The molecule has 1 amide bonds. The van der Waals surface area contributed by atoms with Crippen LogP contribution in [0.2, 0.25) is 5.02 Å². The summed E-state index contributed by atoms with van der Waals surface area (Å²) in [6.45, 7) is 5.24. The molecule has 25 heavy (non-hydrogen) atoms. The summed E-state index contributed by atoms with van der Waals surface area (Å²) in [5, 5.41) is 0.736. The van der Waals surface area contributed by atoms with Crippen LogP contribution in [0.5, 0.6) is 0 Å². The summed E-state index contributed by atoms with van der Waals surface area (Å²) in [4.78, 5) is 17.0. The molecule has 0 aliphatic carbocycles. The summed E-state index contributed by atoms with van der Waals surface area (Å²) in [5.74, 6) is 1.11. The van der Waals surface area contributed by atoms with Gasteiger partial charge < -0.3 is 9.80 Å². The van der Waals surface area contributed by atoms with Crippen LogP contribution >= 0.6 is 23.4 Å². The van der Waals surface area contributed by atoms with Crippen molar-refractivity contribution in [3.8, 4) is 0 Å². The van der Waals surface area contributed by atoms with Crippen LogP contribution in [0.3, 0.4) is 0 Å². The van der Waals surface area contributed by atoms with Gasteiger partial charge in [0.1, 0.15) is 0 Å². The second-order valence-electron chi connectivity index (χ2n) is 6.23. The predicted molar refractivity (Wildman–Crippen MR) is 107 cm³/mol. The molecule has 1 aliphatic rings. The molecule has 0 N–H and O–H groups in total. The van der Waals surface area contributed by atoms with Crippen molar-refractivity contribution in [1.82, 2.24) is 4.90 Å². The third-order valence-corrected chi connectivity index (χ3v) is 5.89. The molecule has 0 unspecified atom stereocenters. The lowest BCUT2D eigenvalue weighted by atomic mass is 10.2. The molecule has 0 bridgehead atoms. The molecular weight excluding hydrogens is 352 g/mol. The van der Waals surface area contributed by atoms with E-state index in [2.05, 4.69) is 23.1 Å². The number of hydrogen-bond acceptors (Lipinski definition) is 3. The summed E-state index contributed by atoms with van der Waals surface area (Å²) in [7, 11) is 0. The Labute approximate surface area is 159 Å². The Morgan fingerprint density at radius 1 is 1.08 bits per heavy atom. The van der Waals surface area contributed by atoms with Gasteiger partial charge >= 0.3 is 0 Å². The van der Waals surface area contributed by atoms with Crippen LogP contribution in [-0.4, -0.2) is 42.2 Å². The molecule has 1 fully saturated rings. The van der Waals surface area contributed by atoms with Crippen molar-refractivity contribution < 1.29 is 4.79 Å². The first-order valence-electron chi connectivity index (χ1n) is 8.58. The summed E-state index contributed by atoms with van der Waals surface area (Å²) in [5.41, 5.74) is 2.39. The first-order valence-corrected chi connectivity index (χ1v) is 10.0. The monoisotopic (exact) mass is 374 g/mol. The number of carbonyl (C=O) groups is 1. The van der Waals surface area contributed by atoms with Gasteiger partial charge in [0, 0.05) is 42.6 Å². The van der Waals surface area contributed by atoms with Gasteiger partial charge in [0.15, 0.2) is 0 Å². The highest BCUT2D eigenvalue weighted by Crippen LogP contribution is 2.23. The Balaban J connectivity index is 1.49. The third kappa shape index (κ3) is 4.93. The lowest BCUT2D eigenvalue weighted by Gasteiger charge is -2.37. The minimum Gasteiger partial charge on any atom is -0.368 e. The van der Waals surface area contributed by atoms with Crippen molar-refractivity contribution in [2.24, 2.45) is 0 Å². The van der Waals surface area contributed by atoms with Crippen LogP contribution in [0.1, 0.15) is 12.5 Å². The number of thioether (sulfide) groups is 1. The van der Waals surface area contributed by atoms with Gasteiger partial charge in [-0.25, -0.2) is 0 Å². The van der Waals surface area contributed by atoms with Crippen molar-refractivity contribution in [3.05, 3.63) is 65.2 Å². The van der Waals surface area contributed by atoms with Gasteiger partial charge in [0.2, 0.25) is 5.91 Å². The molecule has 3 rings (SSSR count). The van der Waals surface area contributed by atoms with Crippen LogP contribution in [0.25, 0.3) is 0 Å². The highest BCUT2D eigenvalue weighted by Gasteiger charge is 2.25. The average Bonchev–Trinajstić information content (AvgIpc) is 2.66. The average molecular weight is 375 g/mol. The highest BCUT2D eigenvalue weighted by molar-refractivity contribution is 7.99. The van der Waals surface area contributed by atoms with E-state index in [1.165, 1.54) is 5.56 Å². The van der Waals surface area contributed by atoms with E-state index in [1.807, 2.05) is 48.2 Å². The highest BCUT2D eigenvalue weighted by atomic mass is 35.5. The zero-order valence-electron chi connectivity index (χ0n) is 14.4. The molecular formula is C20H23ClN2OS. The third-order valence-electron chi connectivity index (χ3n) is 4.46. The number of rotatable bonds is 5. The van der Waals surface area contributed by atoms with Gasteiger partial charge in [-0.15, -0.1) is 11.8 Å². The second kappa shape index (κ2) is 8.63. The first kappa shape index (κ1) is 18.2. The van der Waals surface area contributed by atoms with Crippen LogP contribution < -0.4 is 4.90 Å². The van der Waals surface area contributed by atoms with Crippen molar-refractivity contribution >= 4 is 35.0 Å². The maximum absolute atomic E-state index is 12.7. The number of halogens is 1. The molecule has 132 valence electrons. The number of amides is 1. The quantitative estimate of drug-likeness (QED) is 0.779. The Hall–Kier alpha value is -1.65. The molecule has 1 atom stereocenters. The molecule has 3 nitrogen and oxygen atoms in total. The number of benzene rings is 2. The molecule has 5 heteroatoms. The van der Waals surface area contributed by atoms with Crippen LogP contribution in [0, 0.1) is 0 Å². The van der Waals surface area contributed by atoms with Gasteiger partial charge in [0.25, 0.3) is 0 Å². The number of carbonyl (C=O) groups excluding carboxylic acids is 1. The fourth-order valence-corrected chi connectivity index (χ4v) is 4.09. The molecule has 2 aromatic rings. The summed E-state index contributed by atoms with van der Waals surface area (Å²) in [6, 6.07) is 18.2. The summed E-state index contributed by atoms with van der Waals surface area (Å²) < 4.78 is 0. The van der Waals surface area contributed by atoms with Gasteiger partial charge in [-0.3, -0.25) is 4.79 Å². The maximum atomic E-state index is 12.7. The SMILES string of the molecule is C[C@H](SCc1ccccc1)C(=O)N1CCN(c2cccc(Cl)c2)CC1.